The highest BCUT2D eigenvalue weighted by atomic mass is 35.5. The van der Waals surface area contributed by atoms with Crippen molar-refractivity contribution in [3.63, 3.8) is 0 Å². The van der Waals surface area contributed by atoms with Gasteiger partial charge in [0.2, 0.25) is 0 Å². The zero-order valence-corrected chi connectivity index (χ0v) is 16.1. The standard InChI is InChI=1S/C19H21ClN2O4/c1-10-6-11(2)17(12(3)7-10)22-19(24)18(23)21-14-9-15(25-4)13(20)8-16(14)26-5/h6-9H,1-5H3,(H,21,23)(H,22,24). The van der Waals surface area contributed by atoms with Gasteiger partial charge in [-0.3, -0.25) is 9.59 Å². The van der Waals surface area contributed by atoms with Gasteiger partial charge in [-0.05, 0) is 31.9 Å². The number of aryl methyl sites for hydroxylation is 3. The SMILES string of the molecule is COc1cc(NC(=O)C(=O)Nc2c(C)cc(C)cc2C)c(OC)cc1Cl. The first-order valence-corrected chi connectivity index (χ1v) is 8.26. The van der Waals surface area contributed by atoms with E-state index in [1.807, 2.05) is 32.9 Å². The molecule has 0 aliphatic carbocycles. The van der Waals surface area contributed by atoms with Crippen LogP contribution in [0.3, 0.4) is 0 Å². The summed E-state index contributed by atoms with van der Waals surface area (Å²) in [6.07, 6.45) is 0. The lowest BCUT2D eigenvalue weighted by molar-refractivity contribution is -0.133. The first kappa shape index (κ1) is 19.6. The van der Waals surface area contributed by atoms with Crippen LogP contribution in [0.5, 0.6) is 11.5 Å². The molecule has 0 bridgehead atoms. The molecular formula is C19H21ClN2O4. The van der Waals surface area contributed by atoms with Gasteiger partial charge in [-0.2, -0.15) is 0 Å². The van der Waals surface area contributed by atoms with Gasteiger partial charge in [0.25, 0.3) is 0 Å². The highest BCUT2D eigenvalue weighted by molar-refractivity contribution is 6.44. The van der Waals surface area contributed by atoms with Gasteiger partial charge in [0, 0.05) is 17.8 Å². The van der Waals surface area contributed by atoms with E-state index >= 15 is 0 Å². The van der Waals surface area contributed by atoms with Crippen molar-refractivity contribution in [1.82, 2.24) is 0 Å². The molecule has 0 atom stereocenters. The van der Waals surface area contributed by atoms with Crippen molar-refractivity contribution in [3.8, 4) is 11.5 Å². The fourth-order valence-corrected chi connectivity index (χ4v) is 2.92. The summed E-state index contributed by atoms with van der Waals surface area (Å²) in [4.78, 5) is 24.6. The van der Waals surface area contributed by atoms with Crippen LogP contribution in [-0.4, -0.2) is 26.0 Å². The third-order valence-corrected chi connectivity index (χ3v) is 4.14. The second-order valence-electron chi connectivity index (χ2n) is 5.87. The molecule has 0 aromatic heterocycles. The van der Waals surface area contributed by atoms with Crippen LogP contribution >= 0.6 is 11.6 Å². The van der Waals surface area contributed by atoms with Crippen molar-refractivity contribution in [2.75, 3.05) is 24.9 Å². The lowest BCUT2D eigenvalue weighted by Gasteiger charge is -2.15. The molecule has 7 heteroatoms. The van der Waals surface area contributed by atoms with Gasteiger partial charge >= 0.3 is 11.8 Å². The van der Waals surface area contributed by atoms with Gasteiger partial charge < -0.3 is 20.1 Å². The topological polar surface area (TPSA) is 76.7 Å². The van der Waals surface area contributed by atoms with E-state index < -0.39 is 11.8 Å². The Morgan fingerprint density at radius 1 is 0.846 bits per heavy atom. The van der Waals surface area contributed by atoms with E-state index in [4.69, 9.17) is 21.1 Å². The normalized spacial score (nSPS) is 10.2. The minimum absolute atomic E-state index is 0.284. The quantitative estimate of drug-likeness (QED) is 0.794. The summed E-state index contributed by atoms with van der Waals surface area (Å²) >= 11 is 6.04. The van der Waals surface area contributed by atoms with Crippen molar-refractivity contribution in [2.24, 2.45) is 0 Å². The largest absolute Gasteiger partial charge is 0.495 e. The van der Waals surface area contributed by atoms with E-state index in [2.05, 4.69) is 10.6 Å². The summed E-state index contributed by atoms with van der Waals surface area (Å²) in [5, 5.41) is 5.50. The Labute approximate surface area is 157 Å². The molecule has 0 saturated heterocycles. The average molecular weight is 377 g/mol. The molecule has 0 heterocycles. The van der Waals surface area contributed by atoms with E-state index in [0.29, 0.717) is 22.2 Å². The fourth-order valence-electron chi connectivity index (χ4n) is 2.68. The number of carbonyl (C=O) groups is 2. The summed E-state index contributed by atoms with van der Waals surface area (Å²) in [6, 6.07) is 6.87. The number of methoxy groups -OCH3 is 2. The number of carbonyl (C=O) groups excluding carboxylic acids is 2. The van der Waals surface area contributed by atoms with Crippen LogP contribution in [0.1, 0.15) is 16.7 Å². The summed E-state index contributed by atoms with van der Waals surface area (Å²) in [5.41, 5.74) is 3.76. The molecule has 0 unspecified atom stereocenters. The van der Waals surface area contributed by atoms with Crippen LogP contribution in [-0.2, 0) is 9.59 Å². The average Bonchev–Trinajstić information content (AvgIpc) is 2.58. The second-order valence-corrected chi connectivity index (χ2v) is 6.28. The van der Waals surface area contributed by atoms with Crippen molar-refractivity contribution in [1.29, 1.82) is 0 Å². The molecule has 6 nitrogen and oxygen atoms in total. The minimum atomic E-state index is -0.827. The molecule has 2 aromatic rings. The van der Waals surface area contributed by atoms with Gasteiger partial charge in [0.05, 0.1) is 24.9 Å². The monoisotopic (exact) mass is 376 g/mol. The number of hydrogen-bond donors (Lipinski definition) is 2. The molecule has 0 aliphatic heterocycles. The number of halogens is 1. The molecule has 2 amide bonds. The maximum Gasteiger partial charge on any atom is 0.314 e. The predicted molar refractivity (Wildman–Crippen MR) is 102 cm³/mol. The minimum Gasteiger partial charge on any atom is -0.495 e. The lowest BCUT2D eigenvalue weighted by atomic mass is 10.1. The van der Waals surface area contributed by atoms with Crippen LogP contribution in [0, 0.1) is 20.8 Å². The maximum atomic E-state index is 12.3. The molecule has 2 N–H and O–H groups in total. The molecule has 0 fully saturated rings. The molecule has 0 spiro atoms. The second kappa shape index (κ2) is 8.10. The number of amides is 2. The van der Waals surface area contributed by atoms with E-state index in [0.717, 1.165) is 16.7 Å². The Kier molecular flexibility index (Phi) is 6.10. The van der Waals surface area contributed by atoms with E-state index in [9.17, 15) is 9.59 Å². The zero-order valence-electron chi connectivity index (χ0n) is 15.3. The molecule has 0 saturated carbocycles. The van der Waals surface area contributed by atoms with Crippen LogP contribution in [0.4, 0.5) is 11.4 Å². The first-order valence-electron chi connectivity index (χ1n) is 7.88. The number of rotatable bonds is 4. The number of nitrogens with one attached hydrogen (secondary N) is 2. The van der Waals surface area contributed by atoms with Crippen LogP contribution < -0.4 is 20.1 Å². The van der Waals surface area contributed by atoms with Gasteiger partial charge in [0.1, 0.15) is 11.5 Å². The maximum absolute atomic E-state index is 12.3. The molecule has 138 valence electrons. The molecular weight excluding hydrogens is 356 g/mol. The summed E-state index contributed by atoms with van der Waals surface area (Å²) < 4.78 is 10.3. The van der Waals surface area contributed by atoms with E-state index in [1.165, 1.54) is 26.4 Å². The number of hydrogen-bond acceptors (Lipinski definition) is 4. The molecule has 2 aromatic carbocycles. The van der Waals surface area contributed by atoms with E-state index in [1.54, 1.807) is 0 Å². The van der Waals surface area contributed by atoms with Crippen LogP contribution in [0.25, 0.3) is 0 Å². The fraction of sp³-hybridized carbons (Fsp3) is 0.263. The molecule has 26 heavy (non-hydrogen) atoms. The molecule has 0 radical (unpaired) electrons. The van der Waals surface area contributed by atoms with Crippen molar-refractivity contribution >= 4 is 34.8 Å². The zero-order chi connectivity index (χ0) is 19.4. The number of ether oxygens (including phenoxy) is 2. The lowest BCUT2D eigenvalue weighted by Crippen LogP contribution is -2.29. The third-order valence-electron chi connectivity index (χ3n) is 3.84. The first-order chi connectivity index (χ1) is 12.3. The smallest absolute Gasteiger partial charge is 0.314 e. The van der Waals surface area contributed by atoms with Gasteiger partial charge in [-0.1, -0.05) is 29.3 Å². The Hall–Kier alpha value is -2.73. The third kappa shape index (κ3) is 4.26. The van der Waals surface area contributed by atoms with Crippen molar-refractivity contribution in [2.45, 2.75) is 20.8 Å². The summed E-state index contributed by atoms with van der Waals surface area (Å²) in [6.45, 7) is 5.72. The molecule has 2 rings (SSSR count). The van der Waals surface area contributed by atoms with Gasteiger partial charge in [-0.25, -0.2) is 0 Å². The summed E-state index contributed by atoms with van der Waals surface area (Å²) in [7, 11) is 2.89. The Morgan fingerprint density at radius 2 is 1.38 bits per heavy atom. The highest BCUT2D eigenvalue weighted by Gasteiger charge is 2.19. The Morgan fingerprint density at radius 3 is 1.92 bits per heavy atom. The Bertz CT molecular complexity index is 842. The predicted octanol–water partition coefficient (Wildman–Crippen LogP) is 3.86. The van der Waals surface area contributed by atoms with Gasteiger partial charge in [-0.15, -0.1) is 0 Å². The van der Waals surface area contributed by atoms with Crippen LogP contribution in [0.2, 0.25) is 5.02 Å². The highest BCUT2D eigenvalue weighted by Crippen LogP contribution is 2.35. The van der Waals surface area contributed by atoms with Crippen molar-refractivity contribution < 1.29 is 19.1 Å². The van der Waals surface area contributed by atoms with Crippen LogP contribution in [0.15, 0.2) is 24.3 Å². The number of benzene rings is 2. The van der Waals surface area contributed by atoms with Gasteiger partial charge in [0.15, 0.2) is 0 Å². The van der Waals surface area contributed by atoms with Crippen molar-refractivity contribution in [3.05, 3.63) is 46.0 Å². The Balaban J connectivity index is 2.21. The molecule has 0 aliphatic rings. The number of anilines is 2. The van der Waals surface area contributed by atoms with E-state index in [-0.39, 0.29) is 5.69 Å². The summed E-state index contributed by atoms with van der Waals surface area (Å²) in [5.74, 6) is -0.934.